The van der Waals surface area contributed by atoms with Crippen LogP contribution < -0.4 is 26.3 Å². The molecular formula is C28H44BrNO. The molecule has 0 unspecified atom stereocenters. The number of aromatic nitrogens is 1. The molecule has 2 nitrogen and oxygen atoms in total. The molecule has 0 saturated heterocycles. The van der Waals surface area contributed by atoms with E-state index in [4.69, 9.17) is 4.74 Å². The number of nitrogens with zero attached hydrogens (tertiary/aromatic N) is 1. The predicted octanol–water partition coefficient (Wildman–Crippen LogP) is 4.17. The van der Waals surface area contributed by atoms with Gasteiger partial charge in [-0.1, -0.05) is 58.6 Å². The van der Waals surface area contributed by atoms with Crippen molar-refractivity contribution in [2.24, 2.45) is 0 Å². The van der Waals surface area contributed by atoms with E-state index in [1.54, 1.807) is 0 Å². The van der Waals surface area contributed by atoms with E-state index >= 15 is 0 Å². The lowest BCUT2D eigenvalue weighted by Crippen LogP contribution is -3.00. The van der Waals surface area contributed by atoms with Crippen molar-refractivity contribution in [2.75, 3.05) is 6.61 Å². The quantitative estimate of drug-likeness (QED) is 0.270. The van der Waals surface area contributed by atoms with Crippen LogP contribution in [0.15, 0.2) is 36.5 Å². The fourth-order valence-electron chi connectivity index (χ4n) is 3.95. The Kier molecular flexibility index (Phi) is 14.6. The van der Waals surface area contributed by atoms with Gasteiger partial charge in [-0.15, -0.1) is 0 Å². The smallest absolute Gasteiger partial charge is 0.178 e. The van der Waals surface area contributed by atoms with Crippen molar-refractivity contribution < 1.29 is 26.3 Å². The normalized spacial score (nSPS) is 10.7. The molecule has 2 rings (SSSR count). The highest BCUT2D eigenvalue weighted by Gasteiger charge is 2.09. The zero-order valence-electron chi connectivity index (χ0n) is 20.4. The molecule has 0 bridgehead atoms. The lowest BCUT2D eigenvalue weighted by atomic mass is 10.00. The van der Waals surface area contributed by atoms with Crippen LogP contribution in [0.5, 0.6) is 5.75 Å². The lowest BCUT2D eigenvalue weighted by molar-refractivity contribution is -0.703. The second-order valence-electron chi connectivity index (χ2n) is 8.64. The van der Waals surface area contributed by atoms with E-state index in [1.165, 1.54) is 67.3 Å². The van der Waals surface area contributed by atoms with E-state index in [0.717, 1.165) is 44.6 Å². The summed E-state index contributed by atoms with van der Waals surface area (Å²) < 4.78 is 8.64. The van der Waals surface area contributed by atoms with Crippen molar-refractivity contribution in [3.8, 4) is 5.75 Å². The average molecular weight is 491 g/mol. The lowest BCUT2D eigenvalue weighted by Gasteiger charge is -2.13. The van der Waals surface area contributed by atoms with E-state index < -0.39 is 0 Å². The Balaban J connectivity index is 0.00000480. The Hall–Kier alpha value is -1.35. The summed E-state index contributed by atoms with van der Waals surface area (Å²) in [5, 5.41) is 0. The van der Waals surface area contributed by atoms with Crippen LogP contribution in [-0.2, 0) is 25.8 Å². The van der Waals surface area contributed by atoms with Crippen molar-refractivity contribution in [1.82, 2.24) is 0 Å². The fourth-order valence-corrected chi connectivity index (χ4v) is 3.95. The Morgan fingerprint density at radius 1 is 0.774 bits per heavy atom. The second kappa shape index (κ2) is 16.3. The van der Waals surface area contributed by atoms with Crippen LogP contribution in [0.2, 0.25) is 0 Å². The third kappa shape index (κ3) is 10.2. The molecule has 3 heteroatoms. The topological polar surface area (TPSA) is 13.1 Å². The van der Waals surface area contributed by atoms with E-state index in [0.29, 0.717) is 0 Å². The number of ether oxygens (including phenoxy) is 1. The van der Waals surface area contributed by atoms with Crippen molar-refractivity contribution in [1.29, 1.82) is 0 Å². The molecule has 174 valence electrons. The number of hydrogen-bond donors (Lipinski definition) is 0. The Bertz CT molecular complexity index is 744. The number of pyridine rings is 1. The fraction of sp³-hybridized carbons (Fsp3) is 0.607. The van der Waals surface area contributed by atoms with Gasteiger partial charge in [0.05, 0.1) is 6.61 Å². The summed E-state index contributed by atoms with van der Waals surface area (Å²) in [6.45, 7) is 10.8. The van der Waals surface area contributed by atoms with Crippen LogP contribution in [0.25, 0.3) is 0 Å². The van der Waals surface area contributed by atoms with Gasteiger partial charge in [-0.25, -0.2) is 4.57 Å². The number of aryl methyl sites for hydroxylation is 5. The van der Waals surface area contributed by atoms with Crippen LogP contribution in [0.3, 0.4) is 0 Å². The third-order valence-corrected chi connectivity index (χ3v) is 6.02. The summed E-state index contributed by atoms with van der Waals surface area (Å²) in [6, 6.07) is 11.4. The molecule has 0 saturated carbocycles. The highest BCUT2D eigenvalue weighted by atomic mass is 79.9. The summed E-state index contributed by atoms with van der Waals surface area (Å²) in [4.78, 5) is 0. The summed E-state index contributed by atoms with van der Waals surface area (Å²) in [6.07, 6.45) is 15.7. The molecule has 0 aliphatic heterocycles. The first-order valence-corrected chi connectivity index (χ1v) is 12.4. The minimum absolute atomic E-state index is 0. The van der Waals surface area contributed by atoms with Gasteiger partial charge in [0.25, 0.3) is 0 Å². The molecule has 0 atom stereocenters. The van der Waals surface area contributed by atoms with Gasteiger partial charge in [0.1, 0.15) is 12.3 Å². The molecule has 0 spiro atoms. The molecule has 0 amide bonds. The van der Waals surface area contributed by atoms with Crippen molar-refractivity contribution in [3.63, 3.8) is 0 Å². The molecular weight excluding hydrogens is 446 g/mol. The molecule has 1 aromatic carbocycles. The van der Waals surface area contributed by atoms with Crippen LogP contribution >= 0.6 is 0 Å². The zero-order valence-corrected chi connectivity index (χ0v) is 22.0. The minimum atomic E-state index is 0. The van der Waals surface area contributed by atoms with Crippen LogP contribution in [-0.4, -0.2) is 6.61 Å². The summed E-state index contributed by atoms with van der Waals surface area (Å²) >= 11 is 0. The zero-order chi connectivity index (χ0) is 21.6. The van der Waals surface area contributed by atoms with Crippen LogP contribution in [0, 0.1) is 6.92 Å². The molecule has 0 fully saturated rings. The first-order chi connectivity index (χ1) is 14.7. The van der Waals surface area contributed by atoms with Crippen molar-refractivity contribution in [3.05, 3.63) is 58.9 Å². The highest BCUT2D eigenvalue weighted by molar-refractivity contribution is 5.37. The number of rotatable bonds is 15. The van der Waals surface area contributed by atoms with Gasteiger partial charge in [-0.2, -0.15) is 0 Å². The van der Waals surface area contributed by atoms with Gasteiger partial charge >= 0.3 is 0 Å². The molecule has 31 heavy (non-hydrogen) atoms. The van der Waals surface area contributed by atoms with Gasteiger partial charge in [-0.3, -0.25) is 0 Å². The maximum Gasteiger partial charge on any atom is 0.178 e. The monoisotopic (exact) mass is 489 g/mol. The summed E-state index contributed by atoms with van der Waals surface area (Å²) in [5.41, 5.74) is 5.64. The maximum atomic E-state index is 6.25. The van der Waals surface area contributed by atoms with Crippen molar-refractivity contribution in [2.45, 2.75) is 105 Å². The van der Waals surface area contributed by atoms with Crippen LogP contribution in [0.4, 0.5) is 0 Å². The number of unbranched alkanes of at least 4 members (excludes halogenated alkanes) is 5. The van der Waals surface area contributed by atoms with E-state index in [2.05, 4.69) is 68.8 Å². The number of halogens is 1. The highest BCUT2D eigenvalue weighted by Crippen LogP contribution is 2.24. The van der Waals surface area contributed by atoms with E-state index in [9.17, 15) is 0 Å². The van der Waals surface area contributed by atoms with E-state index in [1.807, 2.05) is 0 Å². The minimum Gasteiger partial charge on any atom is -1.00 e. The maximum absolute atomic E-state index is 6.25. The molecule has 0 aliphatic rings. The molecule has 0 N–H and O–H groups in total. The molecule has 1 heterocycles. The largest absolute Gasteiger partial charge is 1.00 e. The Morgan fingerprint density at radius 2 is 1.48 bits per heavy atom. The molecule has 0 aliphatic carbocycles. The first kappa shape index (κ1) is 27.7. The second-order valence-corrected chi connectivity index (χ2v) is 8.64. The molecule has 1 aromatic heterocycles. The number of hydrogen-bond acceptors (Lipinski definition) is 1. The molecule has 2 aromatic rings. The summed E-state index contributed by atoms with van der Waals surface area (Å²) in [5.74, 6) is 1.11. The van der Waals surface area contributed by atoms with Crippen LogP contribution in [0.1, 0.15) is 94.5 Å². The van der Waals surface area contributed by atoms with Gasteiger partial charge in [0.15, 0.2) is 11.9 Å². The Morgan fingerprint density at radius 3 is 2.19 bits per heavy atom. The number of benzene rings is 1. The molecule has 0 radical (unpaired) electrons. The van der Waals surface area contributed by atoms with Gasteiger partial charge in [0.2, 0.25) is 0 Å². The van der Waals surface area contributed by atoms with Crippen molar-refractivity contribution >= 4 is 0 Å². The summed E-state index contributed by atoms with van der Waals surface area (Å²) in [7, 11) is 0. The average Bonchev–Trinajstić information content (AvgIpc) is 2.76. The predicted molar refractivity (Wildman–Crippen MR) is 128 cm³/mol. The standard InChI is InChI=1S/C28H44NO.BrH/c1-5-8-10-14-26-18-19-28(27(22-26)15-11-9-6-2)30-21-13-12-20-29-23-25(7-3)17-16-24(29)4;/h16-19,22-23H,5-15,20-21H2,1-4H3;1H/q+1;/p-1. The van der Waals surface area contributed by atoms with Gasteiger partial charge in [-0.05, 0) is 61.8 Å². The first-order valence-electron chi connectivity index (χ1n) is 12.4. The van der Waals surface area contributed by atoms with Gasteiger partial charge < -0.3 is 21.7 Å². The van der Waals surface area contributed by atoms with E-state index in [-0.39, 0.29) is 17.0 Å². The third-order valence-electron chi connectivity index (χ3n) is 6.02. The Labute approximate surface area is 202 Å². The SMILES string of the molecule is CCCCCc1ccc(OCCCC[n+]2cc(CC)ccc2C)c(CCCCC)c1.[Br-]. The van der Waals surface area contributed by atoms with Gasteiger partial charge in [0, 0.05) is 25.0 Å².